The fourth-order valence-electron chi connectivity index (χ4n) is 6.82. The maximum absolute atomic E-state index is 12.7. The molecule has 0 saturated carbocycles. The fraction of sp³-hybridized carbons (Fsp3) is 0.200. The van der Waals surface area contributed by atoms with Gasteiger partial charge in [-0.15, -0.1) is 0 Å². The predicted molar refractivity (Wildman–Crippen MR) is 262 cm³/mol. The van der Waals surface area contributed by atoms with Crippen molar-refractivity contribution in [1.82, 2.24) is 29.9 Å². The molecule has 0 unspecified atom stereocenters. The van der Waals surface area contributed by atoms with Crippen LogP contribution >= 0.6 is 0 Å². The van der Waals surface area contributed by atoms with Gasteiger partial charge >= 0.3 is 0 Å². The molecule has 6 rings (SSSR count). The first-order valence-electron chi connectivity index (χ1n) is 21.3. The van der Waals surface area contributed by atoms with Gasteiger partial charge < -0.3 is 58.4 Å². The second-order valence-electron chi connectivity index (χ2n) is 15.3. The van der Waals surface area contributed by atoms with Crippen LogP contribution in [-0.2, 0) is 60.7 Å². The lowest BCUT2D eigenvalue weighted by atomic mass is 10.1. The van der Waals surface area contributed by atoms with Crippen LogP contribution in [0, 0.1) is 0 Å². The Morgan fingerprint density at radius 2 is 0.684 bits per heavy atom. The number of nitrogens with one attached hydrogen (secondary N) is 4. The van der Waals surface area contributed by atoms with Crippen molar-refractivity contribution in [2.24, 2.45) is 0 Å². The van der Waals surface area contributed by atoms with Gasteiger partial charge in [-0.25, -0.2) is 50.5 Å². The highest BCUT2D eigenvalue weighted by molar-refractivity contribution is 7.87. The lowest BCUT2D eigenvalue weighted by molar-refractivity contribution is 0.459. The summed E-state index contributed by atoms with van der Waals surface area (Å²) in [5, 5.41) is 10.1. The normalized spacial score (nSPS) is 12.6. The van der Waals surface area contributed by atoms with E-state index in [9.17, 15) is 77.8 Å². The minimum Gasteiger partial charge on any atom is -0.744 e. The minimum absolute atomic E-state index is 0.0969. The number of rotatable bonds is 22. The largest absolute Gasteiger partial charge is 0.744 e. The fourth-order valence-corrected chi connectivity index (χ4v) is 10.4. The van der Waals surface area contributed by atoms with Crippen molar-refractivity contribution in [3.05, 3.63) is 83.9 Å². The standard InChI is InChI=1S/C40H44N12O18S6/c1-5-51(6-2)39-47-35(45-37(49-39)43-29-21-27(71(53,54)55)15-17-31(29)73(59,60)61)41-25-13-11-23(33(19-25)75(65,66)67)9-10-24-12-14-26(20-34(24)76(68,69)70)42-36-46-38(50-40(48-36)52(7-3)8-4)44-30-22-28(72(56,57)58)16-18-32(30)74(62,63)64/h9-22H,5-8H2,1-4H3,(H,53,54,55)(H,56,57,58)(H,59,60,61)(H,62,63,64)(H,65,66,67)(H,68,69,70)(H2,41,43,45,47,49)(H2,42,44,46,48,50)/p-6. The molecule has 4 aromatic carbocycles. The molecular formula is C40H38N12O18S6-6. The first-order chi connectivity index (χ1) is 35.2. The molecule has 0 aliphatic carbocycles. The van der Waals surface area contributed by atoms with Crippen LogP contribution in [0.2, 0.25) is 0 Å². The molecule has 0 amide bonds. The number of aromatic nitrogens is 6. The maximum Gasteiger partial charge on any atom is 0.233 e. The van der Waals surface area contributed by atoms with Crippen molar-refractivity contribution >= 4 is 131 Å². The number of nitrogens with zero attached hydrogens (tertiary/aromatic N) is 8. The molecule has 0 spiro atoms. The summed E-state index contributed by atoms with van der Waals surface area (Å²) < 4.78 is 219. The SMILES string of the molecule is CCN(CC)c1nc(Nc2ccc(C=Cc3ccc(Nc4nc(Nc5cc(S(=O)(=O)[O-])ccc5S(=O)(=O)[O-])nc(N(CC)CC)n4)cc3S(=O)(=O)[O-])c(S(=O)(=O)[O-])c2)nc(Nc2cc(S(=O)(=O)[O-])ccc2S(=O)(=O)[O-])n1. The molecule has 6 aromatic rings. The summed E-state index contributed by atoms with van der Waals surface area (Å²) in [4.78, 5) is 22.7. The molecule has 36 heteroatoms. The third-order valence-electron chi connectivity index (χ3n) is 10.4. The second-order valence-corrected chi connectivity index (χ2v) is 23.4. The molecule has 0 bridgehead atoms. The molecule has 0 radical (unpaired) electrons. The molecule has 0 atom stereocenters. The van der Waals surface area contributed by atoms with E-state index in [1.165, 1.54) is 12.1 Å². The number of hydrogen-bond donors (Lipinski definition) is 4. The van der Waals surface area contributed by atoms with Gasteiger partial charge in [-0.2, -0.15) is 29.9 Å². The summed E-state index contributed by atoms with van der Waals surface area (Å²) in [5.41, 5.74) is -2.42. The van der Waals surface area contributed by atoms with Crippen LogP contribution in [0.1, 0.15) is 38.8 Å². The van der Waals surface area contributed by atoms with E-state index in [1.54, 1.807) is 37.5 Å². The summed E-state index contributed by atoms with van der Waals surface area (Å²) in [7, 11) is -31.7. The van der Waals surface area contributed by atoms with E-state index in [-0.39, 0.29) is 60.6 Å². The molecule has 76 heavy (non-hydrogen) atoms. The van der Waals surface area contributed by atoms with E-state index in [0.29, 0.717) is 36.4 Å². The Kier molecular flexibility index (Phi) is 17.0. The molecular weight excluding hydrogens is 1130 g/mol. The van der Waals surface area contributed by atoms with Crippen LogP contribution in [0.3, 0.4) is 0 Å². The van der Waals surface area contributed by atoms with Crippen molar-refractivity contribution in [2.75, 3.05) is 57.2 Å². The molecule has 0 saturated heterocycles. The van der Waals surface area contributed by atoms with Gasteiger partial charge in [-0.1, -0.05) is 24.3 Å². The van der Waals surface area contributed by atoms with Gasteiger partial charge in [0.05, 0.1) is 40.7 Å². The van der Waals surface area contributed by atoms with Crippen LogP contribution in [-0.4, -0.2) is 134 Å². The van der Waals surface area contributed by atoms with Crippen molar-refractivity contribution in [3.63, 3.8) is 0 Å². The van der Waals surface area contributed by atoms with Crippen LogP contribution in [0.4, 0.5) is 58.4 Å². The predicted octanol–water partition coefficient (Wildman–Crippen LogP) is 2.32. The Bertz CT molecular complexity index is 3720. The Hall–Kier alpha value is -7.10. The highest BCUT2D eigenvalue weighted by Crippen LogP contribution is 2.32. The first-order valence-corrected chi connectivity index (χ1v) is 29.8. The van der Waals surface area contributed by atoms with Gasteiger partial charge in [0.15, 0.2) is 0 Å². The summed E-state index contributed by atoms with van der Waals surface area (Å²) in [6.07, 6.45) is 1.99. The molecule has 2 heterocycles. The molecule has 0 aliphatic heterocycles. The highest BCUT2D eigenvalue weighted by Gasteiger charge is 2.21. The van der Waals surface area contributed by atoms with Crippen molar-refractivity contribution < 1.29 is 77.8 Å². The summed E-state index contributed by atoms with van der Waals surface area (Å²) >= 11 is 0. The summed E-state index contributed by atoms with van der Waals surface area (Å²) in [6.45, 7) is 7.93. The van der Waals surface area contributed by atoms with Gasteiger partial charge in [-0.05, 0) is 99.5 Å². The average Bonchev–Trinajstić information content (AvgIpc) is 3.30. The Morgan fingerprint density at radius 3 is 0.961 bits per heavy atom. The molecule has 408 valence electrons. The lowest BCUT2D eigenvalue weighted by Crippen LogP contribution is -2.25. The Balaban J connectivity index is 1.35. The maximum atomic E-state index is 12.7. The van der Waals surface area contributed by atoms with Crippen LogP contribution in [0.25, 0.3) is 12.2 Å². The zero-order valence-corrected chi connectivity index (χ0v) is 44.2. The zero-order chi connectivity index (χ0) is 56.3. The molecule has 4 N–H and O–H groups in total. The van der Waals surface area contributed by atoms with E-state index in [1.807, 2.05) is 0 Å². The number of anilines is 10. The Morgan fingerprint density at radius 1 is 0.382 bits per heavy atom. The van der Waals surface area contributed by atoms with Gasteiger partial charge in [0, 0.05) is 37.6 Å². The lowest BCUT2D eigenvalue weighted by Gasteiger charge is -2.21. The van der Waals surface area contributed by atoms with E-state index in [0.717, 1.165) is 36.4 Å². The number of benzene rings is 4. The van der Waals surface area contributed by atoms with Gasteiger partial charge in [-0.3, -0.25) is 0 Å². The van der Waals surface area contributed by atoms with E-state index < -0.39 is 125 Å². The zero-order valence-electron chi connectivity index (χ0n) is 39.3. The van der Waals surface area contributed by atoms with E-state index >= 15 is 0 Å². The third kappa shape index (κ3) is 14.4. The average molecular weight is 1170 g/mol. The van der Waals surface area contributed by atoms with Crippen molar-refractivity contribution in [2.45, 2.75) is 57.1 Å². The van der Waals surface area contributed by atoms with Gasteiger partial charge in [0.2, 0.25) is 35.7 Å². The van der Waals surface area contributed by atoms with Crippen molar-refractivity contribution in [1.29, 1.82) is 0 Å². The van der Waals surface area contributed by atoms with Crippen LogP contribution < -0.4 is 31.1 Å². The molecule has 30 nitrogen and oxygen atoms in total. The van der Waals surface area contributed by atoms with Crippen LogP contribution in [0.5, 0.6) is 0 Å². The van der Waals surface area contributed by atoms with Gasteiger partial charge in [0.1, 0.15) is 60.7 Å². The smallest absolute Gasteiger partial charge is 0.233 e. The topological polar surface area (TPSA) is 475 Å². The molecule has 0 aliphatic rings. The van der Waals surface area contributed by atoms with Gasteiger partial charge in [0.25, 0.3) is 0 Å². The Labute approximate surface area is 434 Å². The quantitative estimate of drug-likeness (QED) is 0.0559. The monoisotopic (exact) mass is 1170 g/mol. The highest BCUT2D eigenvalue weighted by atomic mass is 32.2. The van der Waals surface area contributed by atoms with Crippen molar-refractivity contribution in [3.8, 4) is 0 Å². The summed E-state index contributed by atoms with van der Waals surface area (Å²) in [5.74, 6) is -2.01. The second kappa shape index (κ2) is 22.2. The van der Waals surface area contributed by atoms with Crippen LogP contribution in [0.15, 0.2) is 102 Å². The van der Waals surface area contributed by atoms with E-state index in [4.69, 9.17) is 0 Å². The summed E-state index contributed by atoms with van der Waals surface area (Å²) in [6, 6.07) is 9.85. The molecule has 0 fully saturated rings. The van der Waals surface area contributed by atoms with E-state index in [2.05, 4.69) is 51.2 Å². The first kappa shape index (κ1) is 58.2. The molecule has 2 aromatic heterocycles. The minimum atomic E-state index is -5.38. The number of hydrogen-bond acceptors (Lipinski definition) is 30. The third-order valence-corrected chi connectivity index (χ3v) is 15.6.